The van der Waals surface area contributed by atoms with E-state index in [1.165, 1.54) is 0 Å². The van der Waals surface area contributed by atoms with Gasteiger partial charge < -0.3 is 9.84 Å². The molecule has 0 fully saturated rings. The van der Waals surface area contributed by atoms with Crippen LogP contribution in [0.15, 0.2) is 4.52 Å². The van der Waals surface area contributed by atoms with Gasteiger partial charge >= 0.3 is 0 Å². The van der Waals surface area contributed by atoms with Crippen LogP contribution in [0.25, 0.3) is 0 Å². The summed E-state index contributed by atoms with van der Waals surface area (Å²) in [4.78, 5) is 0. The Morgan fingerprint density at radius 2 is 1.83 bits per heavy atom. The quantitative estimate of drug-likeness (QED) is 0.700. The minimum absolute atomic E-state index is 0.0358. The van der Waals surface area contributed by atoms with Gasteiger partial charge in [0.15, 0.2) is 5.82 Å². The zero-order chi connectivity index (χ0) is 9.35. The van der Waals surface area contributed by atoms with E-state index in [1.54, 1.807) is 0 Å². The number of rotatable bonds is 1. The highest BCUT2D eigenvalue weighted by Gasteiger charge is 2.14. The van der Waals surface area contributed by atoms with Gasteiger partial charge in [0.1, 0.15) is 5.76 Å². The molecule has 3 nitrogen and oxygen atoms in total. The van der Waals surface area contributed by atoms with Crippen molar-refractivity contribution in [2.24, 2.45) is 0 Å². The number of hydrogen-bond acceptors (Lipinski definition) is 3. The number of nitrogens with one attached hydrogen (secondary N) is 1. The molecule has 0 bridgehead atoms. The Kier molecular flexibility index (Phi) is 2.13. The third kappa shape index (κ3) is 2.00. The minimum Gasteiger partial charge on any atom is -0.362 e. The largest absolute Gasteiger partial charge is 0.362 e. The number of hydrogen-bond donors (Lipinski definition) is 1. The van der Waals surface area contributed by atoms with Crippen LogP contribution < -0.4 is 5.32 Å². The number of aryl methyl sites for hydroxylation is 1. The summed E-state index contributed by atoms with van der Waals surface area (Å²) < 4.78 is 5.03. The summed E-state index contributed by atoms with van der Waals surface area (Å²) in [5.74, 6) is 1.72. The molecule has 1 aromatic heterocycles. The Morgan fingerprint density at radius 3 is 2.17 bits per heavy atom. The van der Waals surface area contributed by atoms with Crippen LogP contribution in [0.1, 0.15) is 32.1 Å². The van der Waals surface area contributed by atoms with Gasteiger partial charge in [-0.25, -0.2) is 0 Å². The number of nitrogens with zero attached hydrogens (tertiary/aromatic N) is 1. The molecule has 1 N–H and O–H groups in total. The molecule has 0 amide bonds. The Labute approximate surface area is 73.1 Å². The van der Waals surface area contributed by atoms with Crippen LogP contribution in [0, 0.1) is 13.8 Å². The van der Waals surface area contributed by atoms with E-state index < -0.39 is 0 Å². The highest BCUT2D eigenvalue weighted by molar-refractivity contribution is 5.45. The van der Waals surface area contributed by atoms with Crippen molar-refractivity contribution in [3.63, 3.8) is 0 Å². The number of aromatic nitrogens is 1. The smallest absolute Gasteiger partial charge is 0.172 e. The molecular formula is C9H16N2O. The first-order valence-corrected chi connectivity index (χ1v) is 4.11. The van der Waals surface area contributed by atoms with Crippen LogP contribution in [-0.4, -0.2) is 10.7 Å². The lowest BCUT2D eigenvalue weighted by Crippen LogP contribution is -2.26. The van der Waals surface area contributed by atoms with Crippen LogP contribution in [0.3, 0.4) is 0 Å². The van der Waals surface area contributed by atoms with Crippen molar-refractivity contribution in [1.29, 1.82) is 0 Å². The normalized spacial score (nSPS) is 11.8. The number of anilines is 1. The third-order valence-electron chi connectivity index (χ3n) is 1.65. The minimum atomic E-state index is 0.0358. The fourth-order valence-electron chi connectivity index (χ4n) is 0.890. The summed E-state index contributed by atoms with van der Waals surface area (Å²) in [7, 11) is 0. The van der Waals surface area contributed by atoms with Crippen molar-refractivity contribution >= 4 is 5.82 Å². The van der Waals surface area contributed by atoms with Gasteiger partial charge in [0.05, 0.1) is 0 Å². The first-order chi connectivity index (χ1) is 5.40. The Bertz CT molecular complexity index is 271. The van der Waals surface area contributed by atoms with Gasteiger partial charge in [-0.15, -0.1) is 0 Å². The first-order valence-electron chi connectivity index (χ1n) is 4.11. The Balaban J connectivity index is 2.83. The van der Waals surface area contributed by atoms with E-state index in [9.17, 15) is 0 Å². The Morgan fingerprint density at radius 1 is 1.25 bits per heavy atom. The highest BCUT2D eigenvalue weighted by Crippen LogP contribution is 2.20. The predicted octanol–water partition coefficient (Wildman–Crippen LogP) is 2.50. The van der Waals surface area contributed by atoms with Crippen molar-refractivity contribution in [3.05, 3.63) is 11.3 Å². The van der Waals surface area contributed by atoms with Crippen LogP contribution in [0.5, 0.6) is 0 Å². The van der Waals surface area contributed by atoms with Crippen molar-refractivity contribution in [1.82, 2.24) is 5.16 Å². The molecule has 1 heterocycles. The van der Waals surface area contributed by atoms with Gasteiger partial charge in [-0.1, -0.05) is 5.16 Å². The average molecular weight is 168 g/mol. The summed E-state index contributed by atoms with van der Waals surface area (Å²) >= 11 is 0. The molecule has 0 aliphatic carbocycles. The molecule has 0 spiro atoms. The maximum absolute atomic E-state index is 5.03. The van der Waals surface area contributed by atoms with Crippen LogP contribution in [-0.2, 0) is 0 Å². The van der Waals surface area contributed by atoms with Crippen LogP contribution in [0.4, 0.5) is 5.82 Å². The fraction of sp³-hybridized carbons (Fsp3) is 0.667. The fourth-order valence-corrected chi connectivity index (χ4v) is 0.890. The van der Waals surface area contributed by atoms with Gasteiger partial charge in [0, 0.05) is 11.1 Å². The van der Waals surface area contributed by atoms with E-state index in [2.05, 4.69) is 31.2 Å². The Hall–Kier alpha value is -0.990. The lowest BCUT2D eigenvalue weighted by atomic mass is 10.1. The van der Waals surface area contributed by atoms with Crippen LogP contribution >= 0.6 is 0 Å². The van der Waals surface area contributed by atoms with Crippen LogP contribution in [0.2, 0.25) is 0 Å². The summed E-state index contributed by atoms with van der Waals surface area (Å²) in [5, 5.41) is 7.18. The molecule has 0 saturated heterocycles. The van der Waals surface area contributed by atoms with E-state index in [1.807, 2.05) is 13.8 Å². The molecule has 1 rings (SSSR count). The topological polar surface area (TPSA) is 38.1 Å². The molecule has 3 heteroatoms. The molecular weight excluding hydrogens is 152 g/mol. The second kappa shape index (κ2) is 2.81. The highest BCUT2D eigenvalue weighted by atomic mass is 16.5. The summed E-state index contributed by atoms with van der Waals surface area (Å²) in [5.41, 5.74) is 1.12. The zero-order valence-corrected chi connectivity index (χ0v) is 8.36. The van der Waals surface area contributed by atoms with E-state index >= 15 is 0 Å². The molecule has 1 aromatic rings. The monoisotopic (exact) mass is 168 g/mol. The molecule has 12 heavy (non-hydrogen) atoms. The van der Waals surface area contributed by atoms with Crippen molar-refractivity contribution in [2.45, 2.75) is 40.2 Å². The van der Waals surface area contributed by atoms with E-state index in [0.717, 1.165) is 17.1 Å². The lowest BCUT2D eigenvalue weighted by Gasteiger charge is -2.19. The van der Waals surface area contributed by atoms with Gasteiger partial charge in [0.25, 0.3) is 0 Å². The molecule has 0 aliphatic heterocycles. The van der Waals surface area contributed by atoms with Crippen molar-refractivity contribution < 1.29 is 4.52 Å². The third-order valence-corrected chi connectivity index (χ3v) is 1.65. The second-order valence-electron chi connectivity index (χ2n) is 4.09. The van der Waals surface area contributed by atoms with Crippen molar-refractivity contribution in [3.8, 4) is 0 Å². The molecule has 0 aliphatic rings. The maximum atomic E-state index is 5.03. The van der Waals surface area contributed by atoms with Gasteiger partial charge in [-0.05, 0) is 34.6 Å². The molecule has 0 radical (unpaired) electrons. The molecule has 0 saturated carbocycles. The average Bonchev–Trinajstić information content (AvgIpc) is 2.16. The standard InChI is InChI=1S/C9H16N2O/c1-6-7(2)12-11-8(6)10-9(3,4)5/h1-5H3,(H,10,11). The van der Waals surface area contributed by atoms with Gasteiger partial charge in [-0.2, -0.15) is 0 Å². The molecule has 0 unspecified atom stereocenters. The van der Waals surface area contributed by atoms with Crippen molar-refractivity contribution in [2.75, 3.05) is 5.32 Å². The van der Waals surface area contributed by atoms with E-state index in [4.69, 9.17) is 4.52 Å². The molecule has 0 atom stereocenters. The summed E-state index contributed by atoms with van der Waals surface area (Å²) in [6.45, 7) is 10.2. The SMILES string of the molecule is Cc1onc(NC(C)(C)C)c1C. The second-order valence-corrected chi connectivity index (χ2v) is 4.09. The van der Waals surface area contributed by atoms with E-state index in [0.29, 0.717) is 0 Å². The summed E-state index contributed by atoms with van der Waals surface area (Å²) in [6, 6.07) is 0. The summed E-state index contributed by atoms with van der Waals surface area (Å²) in [6.07, 6.45) is 0. The molecule has 0 aromatic carbocycles. The zero-order valence-electron chi connectivity index (χ0n) is 8.36. The predicted molar refractivity (Wildman–Crippen MR) is 49.4 cm³/mol. The molecule has 68 valence electrons. The lowest BCUT2D eigenvalue weighted by molar-refractivity contribution is 0.397. The van der Waals surface area contributed by atoms with Gasteiger partial charge in [0.2, 0.25) is 0 Å². The maximum Gasteiger partial charge on any atom is 0.172 e. The van der Waals surface area contributed by atoms with Gasteiger partial charge in [-0.3, -0.25) is 0 Å². The van der Waals surface area contributed by atoms with E-state index in [-0.39, 0.29) is 5.54 Å². The first kappa shape index (κ1) is 9.10.